The molecule has 0 aromatic heterocycles. The molecular weight excluding hydrogens is 364 g/mol. The fourth-order valence-electron chi connectivity index (χ4n) is 2.15. The summed E-state index contributed by atoms with van der Waals surface area (Å²) < 4.78 is 31.9. The summed E-state index contributed by atoms with van der Waals surface area (Å²) in [7, 11) is 4.36. The van der Waals surface area contributed by atoms with E-state index < -0.39 is 10.0 Å². The molecule has 5 nitrogen and oxygen atoms in total. The Bertz CT molecular complexity index is 575. The van der Waals surface area contributed by atoms with Crippen LogP contribution in [-0.4, -0.2) is 65.3 Å². The van der Waals surface area contributed by atoms with E-state index in [2.05, 4.69) is 4.90 Å². The van der Waals surface area contributed by atoms with Crippen LogP contribution in [0.3, 0.4) is 0 Å². The number of hydrogen-bond acceptors (Lipinski definition) is 4. The quantitative estimate of drug-likeness (QED) is 0.677. The van der Waals surface area contributed by atoms with Crippen molar-refractivity contribution in [3.05, 3.63) is 18.2 Å². The largest absolute Gasteiger partial charge is 0.495 e. The van der Waals surface area contributed by atoms with E-state index in [1.54, 1.807) is 12.1 Å². The smallest absolute Gasteiger partial charge is 0.243 e. The van der Waals surface area contributed by atoms with Gasteiger partial charge in [0.1, 0.15) is 13.6 Å². The monoisotopic (exact) mass is 383 g/mol. The topological polar surface area (TPSA) is 49.9 Å². The van der Waals surface area contributed by atoms with Gasteiger partial charge in [-0.25, -0.2) is 8.42 Å². The molecule has 21 heavy (non-hydrogen) atoms. The fraction of sp³-hybridized carbons (Fsp3) is 0.538. The molecule has 0 saturated carbocycles. The number of piperazine rings is 1. The molecule has 1 fully saturated rings. The van der Waals surface area contributed by atoms with Gasteiger partial charge in [-0.05, 0) is 32.2 Å². The van der Waals surface area contributed by atoms with Crippen LogP contribution < -0.4 is 10.2 Å². The molecule has 0 aliphatic carbocycles. The number of ether oxygens (including phenoxy) is 1. The minimum atomic E-state index is -3.47. The molecular formula is C13H19BN2O3SY. The van der Waals surface area contributed by atoms with Crippen molar-refractivity contribution in [1.29, 1.82) is 0 Å². The molecule has 1 aliphatic rings. The van der Waals surface area contributed by atoms with Crippen LogP contribution in [0.2, 0.25) is 0 Å². The van der Waals surface area contributed by atoms with E-state index >= 15 is 0 Å². The first-order valence-electron chi connectivity index (χ1n) is 6.66. The standard InChI is InChI=1S/C13H19BN2O3S.Y/c1-3-19-13-5-4-11(10-12(13)14)20(17,18)16-8-6-15(2)7-9-16;/h4-5,10H,3,6-9H2,1-2H3;. The molecule has 0 amide bonds. The Kier molecular flexibility index (Phi) is 7.34. The van der Waals surface area contributed by atoms with E-state index in [1.807, 2.05) is 14.0 Å². The van der Waals surface area contributed by atoms with E-state index in [-0.39, 0.29) is 37.6 Å². The van der Waals surface area contributed by atoms with Crippen molar-refractivity contribution in [2.24, 2.45) is 0 Å². The molecule has 111 valence electrons. The molecule has 8 heteroatoms. The van der Waals surface area contributed by atoms with Crippen LogP contribution in [0, 0.1) is 0 Å². The number of nitrogens with zero attached hydrogens (tertiary/aromatic N) is 2. The maximum atomic E-state index is 12.5. The third kappa shape index (κ3) is 4.52. The van der Waals surface area contributed by atoms with Crippen molar-refractivity contribution in [3.8, 4) is 5.75 Å². The van der Waals surface area contributed by atoms with Crippen molar-refractivity contribution < 1.29 is 45.9 Å². The molecule has 1 heterocycles. The van der Waals surface area contributed by atoms with Crippen LogP contribution in [0.15, 0.2) is 23.1 Å². The Balaban J connectivity index is 0.00000220. The van der Waals surface area contributed by atoms with Crippen molar-refractivity contribution in [1.82, 2.24) is 9.21 Å². The second-order valence-electron chi connectivity index (χ2n) is 4.84. The summed E-state index contributed by atoms with van der Waals surface area (Å²) in [5, 5.41) is 0. The van der Waals surface area contributed by atoms with E-state index in [4.69, 9.17) is 12.6 Å². The molecule has 1 aliphatic heterocycles. The maximum Gasteiger partial charge on any atom is 0.243 e. The van der Waals surface area contributed by atoms with Gasteiger partial charge in [0.2, 0.25) is 10.0 Å². The van der Waals surface area contributed by atoms with Gasteiger partial charge in [0.25, 0.3) is 0 Å². The molecule has 0 N–H and O–H groups in total. The van der Waals surface area contributed by atoms with Crippen LogP contribution >= 0.6 is 0 Å². The van der Waals surface area contributed by atoms with Crippen molar-refractivity contribution in [2.75, 3.05) is 39.8 Å². The summed E-state index contributed by atoms with van der Waals surface area (Å²) in [6.07, 6.45) is 0. The SMILES string of the molecule is [B]c1cc(S(=O)(=O)N2CCN(C)CC2)ccc1OCC.[Y]. The van der Waals surface area contributed by atoms with Crippen LogP contribution in [0.4, 0.5) is 0 Å². The first kappa shape index (κ1) is 19.1. The number of benzene rings is 1. The number of rotatable bonds is 4. The second-order valence-corrected chi connectivity index (χ2v) is 6.78. The van der Waals surface area contributed by atoms with Gasteiger partial charge in [0.05, 0.1) is 11.5 Å². The molecule has 1 aromatic rings. The first-order chi connectivity index (χ1) is 9.45. The Labute approximate surface area is 153 Å². The van der Waals surface area contributed by atoms with Crippen LogP contribution in [0.1, 0.15) is 6.92 Å². The van der Waals surface area contributed by atoms with Crippen molar-refractivity contribution in [2.45, 2.75) is 11.8 Å². The summed E-state index contributed by atoms with van der Waals surface area (Å²) in [5.41, 5.74) is 0.349. The molecule has 0 bridgehead atoms. The molecule has 3 radical (unpaired) electrons. The predicted octanol–water partition coefficient (Wildman–Crippen LogP) is -0.187. The third-order valence-corrected chi connectivity index (χ3v) is 5.28. The summed E-state index contributed by atoms with van der Waals surface area (Å²) >= 11 is 0. The Morgan fingerprint density at radius 1 is 1.24 bits per heavy atom. The number of hydrogen-bond donors (Lipinski definition) is 0. The Morgan fingerprint density at radius 3 is 2.38 bits per heavy atom. The predicted molar refractivity (Wildman–Crippen MR) is 79.3 cm³/mol. The summed E-state index contributed by atoms with van der Waals surface area (Å²) in [6, 6.07) is 4.63. The van der Waals surface area contributed by atoms with Gasteiger partial charge in [-0.1, -0.05) is 5.46 Å². The molecule has 0 atom stereocenters. The zero-order valence-corrected chi connectivity index (χ0v) is 16.1. The van der Waals surface area contributed by atoms with Crippen molar-refractivity contribution >= 4 is 23.3 Å². The van der Waals surface area contributed by atoms with Crippen molar-refractivity contribution in [3.63, 3.8) is 0 Å². The van der Waals surface area contributed by atoms with Gasteiger partial charge in [-0.2, -0.15) is 4.31 Å². The zero-order chi connectivity index (χ0) is 14.8. The molecule has 2 rings (SSSR count). The van der Waals surface area contributed by atoms with E-state index in [0.29, 0.717) is 30.9 Å². The van der Waals surface area contributed by atoms with E-state index in [1.165, 1.54) is 10.4 Å². The van der Waals surface area contributed by atoms with Crippen LogP contribution in [-0.2, 0) is 42.7 Å². The number of sulfonamides is 1. The zero-order valence-electron chi connectivity index (χ0n) is 12.4. The van der Waals surface area contributed by atoms with Gasteiger partial charge < -0.3 is 9.64 Å². The van der Waals surface area contributed by atoms with Gasteiger partial charge in [-0.15, -0.1) is 0 Å². The summed E-state index contributed by atoms with van der Waals surface area (Å²) in [4.78, 5) is 2.33. The fourth-order valence-corrected chi connectivity index (χ4v) is 3.61. The van der Waals surface area contributed by atoms with Gasteiger partial charge in [0.15, 0.2) is 0 Å². The van der Waals surface area contributed by atoms with Gasteiger partial charge in [-0.3, -0.25) is 0 Å². The second kappa shape index (κ2) is 8.06. The number of likely N-dealkylation sites (N-methyl/N-ethyl adjacent to an activating group) is 1. The van der Waals surface area contributed by atoms with Gasteiger partial charge in [0, 0.05) is 58.9 Å². The average molecular weight is 383 g/mol. The molecule has 0 unspecified atom stereocenters. The molecule has 0 spiro atoms. The third-order valence-electron chi connectivity index (χ3n) is 3.38. The van der Waals surface area contributed by atoms with E-state index in [0.717, 1.165) is 13.1 Å². The minimum absolute atomic E-state index is 0. The van der Waals surface area contributed by atoms with E-state index in [9.17, 15) is 8.42 Å². The minimum Gasteiger partial charge on any atom is -0.495 e. The average Bonchev–Trinajstić information content (AvgIpc) is 2.41. The Hall–Kier alpha value is 0.0588. The molecule has 1 aromatic carbocycles. The summed E-state index contributed by atoms with van der Waals surface area (Å²) in [6.45, 7) is 4.85. The maximum absolute atomic E-state index is 12.5. The normalized spacial score (nSPS) is 17.2. The van der Waals surface area contributed by atoms with Gasteiger partial charge >= 0.3 is 0 Å². The Morgan fingerprint density at radius 2 is 1.86 bits per heavy atom. The molecule has 1 saturated heterocycles. The van der Waals surface area contributed by atoms with Crippen LogP contribution in [0.5, 0.6) is 5.75 Å². The van der Waals surface area contributed by atoms with Crippen LogP contribution in [0.25, 0.3) is 0 Å². The first-order valence-corrected chi connectivity index (χ1v) is 8.10. The summed E-state index contributed by atoms with van der Waals surface area (Å²) in [5.74, 6) is 0.518.